The van der Waals surface area contributed by atoms with Crippen LogP contribution in [0.4, 0.5) is 22.0 Å². The van der Waals surface area contributed by atoms with Gasteiger partial charge in [-0.3, -0.25) is 14.3 Å². The maximum absolute atomic E-state index is 12.8. The van der Waals surface area contributed by atoms with Crippen LogP contribution < -0.4 is 20.7 Å². The number of aromatic amines is 1. The number of imidazole rings is 1. The van der Waals surface area contributed by atoms with E-state index >= 15 is 0 Å². The number of aromatic nitrogens is 4. The number of ether oxygens (including phenoxy) is 3. The van der Waals surface area contributed by atoms with E-state index in [-0.39, 0.29) is 35.9 Å². The minimum Gasteiger partial charge on any atom is -0.455 e. The van der Waals surface area contributed by atoms with E-state index in [0.29, 0.717) is 0 Å². The van der Waals surface area contributed by atoms with E-state index in [1.54, 1.807) is 0 Å². The quantitative estimate of drug-likeness (QED) is 0.248. The highest BCUT2D eigenvalue weighted by Gasteiger charge is 2.30. The molecule has 15 heteroatoms. The first-order valence-electron chi connectivity index (χ1n) is 10.3. The average molecular weight is 523 g/mol. The molecule has 3 aromatic rings. The number of hydrogen-bond acceptors (Lipinski definition) is 6. The Labute approximate surface area is 196 Å². The topological polar surface area (TPSA) is 100 Å². The highest BCUT2D eigenvalue weighted by atomic mass is 28.3. The first kappa shape index (κ1) is 26.4. The first-order chi connectivity index (χ1) is 16.2. The Hall–Kier alpha value is -3.20. The normalized spacial score (nSPS) is 12.5. The van der Waals surface area contributed by atoms with Gasteiger partial charge < -0.3 is 14.2 Å². The van der Waals surface area contributed by atoms with E-state index in [0.717, 1.165) is 27.3 Å². The SMILES string of the molecule is C[Si](C)(C)CCOCn1c(OCC(F)(F)F)nc2c1c(=O)[nH]c(=O)n2-c1ccc(OC(F)F)cc1. The molecule has 0 atom stereocenters. The molecule has 0 bridgehead atoms. The van der Waals surface area contributed by atoms with E-state index in [4.69, 9.17) is 9.47 Å². The van der Waals surface area contributed by atoms with Gasteiger partial charge in [0.05, 0.1) is 5.69 Å². The number of nitrogens with one attached hydrogen (secondary N) is 1. The monoisotopic (exact) mass is 522 g/mol. The molecule has 0 fully saturated rings. The van der Waals surface area contributed by atoms with Gasteiger partial charge in [-0.05, 0) is 30.3 Å². The van der Waals surface area contributed by atoms with E-state index in [2.05, 4.69) is 34.3 Å². The van der Waals surface area contributed by atoms with Crippen LogP contribution in [0.3, 0.4) is 0 Å². The second kappa shape index (κ2) is 10.2. The highest BCUT2D eigenvalue weighted by Crippen LogP contribution is 2.24. The van der Waals surface area contributed by atoms with Crippen LogP contribution in [-0.2, 0) is 11.5 Å². The van der Waals surface area contributed by atoms with Crippen molar-refractivity contribution in [3.05, 3.63) is 45.1 Å². The lowest BCUT2D eigenvalue weighted by Crippen LogP contribution is -2.30. The Morgan fingerprint density at radius 2 is 1.77 bits per heavy atom. The van der Waals surface area contributed by atoms with Crippen LogP contribution in [0.1, 0.15) is 0 Å². The summed E-state index contributed by atoms with van der Waals surface area (Å²) in [7, 11) is -1.47. The zero-order chi connectivity index (χ0) is 26.0. The minimum absolute atomic E-state index is 0.0875. The maximum Gasteiger partial charge on any atom is 0.422 e. The van der Waals surface area contributed by atoms with Crippen LogP contribution in [0.2, 0.25) is 25.7 Å². The summed E-state index contributed by atoms with van der Waals surface area (Å²) in [5.74, 6) is -0.187. The van der Waals surface area contributed by atoms with Gasteiger partial charge in [0, 0.05) is 14.7 Å². The summed E-state index contributed by atoms with van der Waals surface area (Å²) < 4.78 is 79.8. The number of halogens is 5. The highest BCUT2D eigenvalue weighted by molar-refractivity contribution is 6.76. The summed E-state index contributed by atoms with van der Waals surface area (Å²) in [5, 5.41) is 0. The van der Waals surface area contributed by atoms with Gasteiger partial charge >= 0.3 is 24.5 Å². The zero-order valence-electron chi connectivity index (χ0n) is 19.0. The molecule has 0 saturated heterocycles. The molecule has 2 heterocycles. The van der Waals surface area contributed by atoms with Crippen molar-refractivity contribution in [1.29, 1.82) is 0 Å². The van der Waals surface area contributed by atoms with Crippen molar-refractivity contribution in [3.63, 3.8) is 0 Å². The third-order valence-corrected chi connectivity index (χ3v) is 6.37. The second-order valence-corrected chi connectivity index (χ2v) is 14.3. The van der Waals surface area contributed by atoms with Crippen molar-refractivity contribution < 1.29 is 36.2 Å². The van der Waals surface area contributed by atoms with Gasteiger partial charge in [0.25, 0.3) is 5.56 Å². The largest absolute Gasteiger partial charge is 0.455 e. The van der Waals surface area contributed by atoms with Crippen molar-refractivity contribution in [2.24, 2.45) is 0 Å². The number of fused-ring (bicyclic) bond motifs is 1. The molecule has 0 amide bonds. The molecule has 192 valence electrons. The molecule has 35 heavy (non-hydrogen) atoms. The fraction of sp³-hybridized carbons (Fsp3) is 0.450. The van der Waals surface area contributed by atoms with Crippen LogP contribution in [0.5, 0.6) is 11.8 Å². The van der Waals surface area contributed by atoms with Crippen molar-refractivity contribution in [2.75, 3.05) is 13.2 Å². The third-order valence-electron chi connectivity index (χ3n) is 4.67. The Bertz CT molecular complexity index is 1280. The molecule has 0 saturated carbocycles. The standard InChI is InChI=1S/C20H23F5N4O5Si/c1-35(2,3)9-8-32-11-28-14-15(26-19(28)33-10-20(23,24)25)29(18(31)27-16(14)30)12-4-6-13(7-5-12)34-17(21)22/h4-7,17H,8-11H2,1-3H3,(H,27,30,31). The molecule has 0 aliphatic rings. The van der Waals surface area contributed by atoms with Crippen molar-refractivity contribution >= 4 is 19.2 Å². The molecule has 1 N–H and O–H groups in total. The predicted molar refractivity (Wildman–Crippen MR) is 118 cm³/mol. The second-order valence-electron chi connectivity index (χ2n) is 8.71. The molecule has 3 rings (SSSR count). The van der Waals surface area contributed by atoms with Crippen LogP contribution in [-0.4, -0.2) is 53.2 Å². The Kier molecular flexibility index (Phi) is 7.69. The first-order valence-corrected chi connectivity index (χ1v) is 14.0. The van der Waals surface area contributed by atoms with E-state index in [1.165, 1.54) is 12.1 Å². The third kappa shape index (κ3) is 6.91. The summed E-state index contributed by atoms with van der Waals surface area (Å²) >= 11 is 0. The smallest absolute Gasteiger partial charge is 0.422 e. The van der Waals surface area contributed by atoms with Gasteiger partial charge in [-0.2, -0.15) is 26.9 Å². The molecule has 0 unspecified atom stereocenters. The summed E-state index contributed by atoms with van der Waals surface area (Å²) in [6.45, 7) is 1.53. The number of alkyl halides is 5. The summed E-state index contributed by atoms with van der Waals surface area (Å²) in [6, 6.07) is 4.98. The lowest BCUT2D eigenvalue weighted by atomic mass is 10.3. The van der Waals surface area contributed by atoms with E-state index in [1.807, 2.05) is 0 Å². The minimum atomic E-state index is -4.69. The van der Waals surface area contributed by atoms with Crippen LogP contribution in [0.25, 0.3) is 16.9 Å². The fourth-order valence-corrected chi connectivity index (χ4v) is 3.79. The van der Waals surface area contributed by atoms with Gasteiger partial charge in [0.2, 0.25) is 0 Å². The lowest BCUT2D eigenvalue weighted by Gasteiger charge is -2.16. The molecule has 9 nitrogen and oxygen atoms in total. The van der Waals surface area contributed by atoms with Gasteiger partial charge in [-0.15, -0.1) is 0 Å². The molecular weight excluding hydrogens is 499 g/mol. The number of nitrogens with zero attached hydrogens (tertiary/aromatic N) is 3. The van der Waals surface area contributed by atoms with Crippen LogP contribution in [0.15, 0.2) is 33.9 Å². The van der Waals surface area contributed by atoms with Gasteiger partial charge in [-0.1, -0.05) is 19.6 Å². The fourth-order valence-electron chi connectivity index (χ4n) is 3.04. The average Bonchev–Trinajstić information content (AvgIpc) is 3.08. The molecule has 1 aromatic carbocycles. The Morgan fingerprint density at radius 1 is 1.11 bits per heavy atom. The van der Waals surface area contributed by atoms with Crippen molar-refractivity contribution in [2.45, 2.75) is 45.2 Å². The van der Waals surface area contributed by atoms with Crippen molar-refractivity contribution in [1.82, 2.24) is 19.1 Å². The van der Waals surface area contributed by atoms with Gasteiger partial charge in [-0.25, -0.2) is 9.36 Å². The van der Waals surface area contributed by atoms with Crippen LogP contribution >= 0.6 is 0 Å². The lowest BCUT2D eigenvalue weighted by molar-refractivity contribution is -0.155. The van der Waals surface area contributed by atoms with Crippen molar-refractivity contribution in [3.8, 4) is 17.4 Å². The molecule has 0 aliphatic heterocycles. The molecular formula is C20H23F5N4O5Si. The number of rotatable bonds is 10. The Morgan fingerprint density at radius 3 is 2.34 bits per heavy atom. The van der Waals surface area contributed by atoms with Gasteiger partial charge in [0.1, 0.15) is 12.5 Å². The molecule has 0 aliphatic carbocycles. The number of H-pyrrole nitrogens is 1. The summed E-state index contributed by atoms with van der Waals surface area (Å²) in [4.78, 5) is 31.3. The zero-order valence-corrected chi connectivity index (χ0v) is 20.0. The van der Waals surface area contributed by atoms with E-state index in [9.17, 15) is 31.5 Å². The van der Waals surface area contributed by atoms with Gasteiger partial charge in [0.15, 0.2) is 17.8 Å². The van der Waals surface area contributed by atoms with Crippen LogP contribution in [0, 0.1) is 0 Å². The number of benzene rings is 1. The number of hydrogen-bond donors (Lipinski definition) is 1. The Balaban J connectivity index is 2.08. The summed E-state index contributed by atoms with van der Waals surface area (Å²) in [5.41, 5.74) is -2.33. The van der Waals surface area contributed by atoms with E-state index < -0.39 is 44.7 Å². The maximum atomic E-state index is 12.8. The molecule has 2 aromatic heterocycles. The summed E-state index contributed by atoms with van der Waals surface area (Å²) in [6.07, 6.45) is -4.69. The predicted octanol–water partition coefficient (Wildman–Crippen LogP) is 3.73. The molecule has 0 radical (unpaired) electrons. The molecule has 0 spiro atoms.